The standard InChI is InChI=1S/C15H16BrN3O3/c1-22-12-4-3-11-10(13(12)16)5-8-18-14(11)15(21)19-7-2-6-17-9-20/h3-5,8-9H,2,6-7H2,1H3,(H,17,20)(H,19,21). The number of carbonyl (C=O) groups excluding carboxylic acids is 2. The van der Waals surface area contributed by atoms with Crippen LogP contribution in [0.15, 0.2) is 28.9 Å². The Morgan fingerprint density at radius 1 is 1.32 bits per heavy atom. The quantitative estimate of drug-likeness (QED) is 0.579. The van der Waals surface area contributed by atoms with Gasteiger partial charge in [-0.15, -0.1) is 0 Å². The molecule has 0 atom stereocenters. The average Bonchev–Trinajstić information content (AvgIpc) is 2.54. The van der Waals surface area contributed by atoms with Crippen molar-refractivity contribution in [1.82, 2.24) is 15.6 Å². The van der Waals surface area contributed by atoms with Crippen molar-refractivity contribution >= 4 is 39.0 Å². The minimum absolute atomic E-state index is 0.242. The molecule has 0 saturated heterocycles. The lowest BCUT2D eigenvalue weighted by molar-refractivity contribution is -0.109. The van der Waals surface area contributed by atoms with Gasteiger partial charge in [0, 0.05) is 30.1 Å². The Hall–Kier alpha value is -2.15. The molecule has 0 aliphatic carbocycles. The summed E-state index contributed by atoms with van der Waals surface area (Å²) < 4.78 is 6.04. The largest absolute Gasteiger partial charge is 0.496 e. The predicted octanol–water partition coefficient (Wildman–Crippen LogP) is 1.87. The maximum Gasteiger partial charge on any atom is 0.270 e. The summed E-state index contributed by atoms with van der Waals surface area (Å²) in [7, 11) is 1.59. The van der Waals surface area contributed by atoms with Crippen LogP contribution < -0.4 is 15.4 Å². The van der Waals surface area contributed by atoms with Crippen LogP contribution in [-0.2, 0) is 4.79 Å². The molecule has 2 aromatic rings. The smallest absolute Gasteiger partial charge is 0.270 e. The van der Waals surface area contributed by atoms with E-state index in [1.165, 1.54) is 0 Å². The Morgan fingerprint density at radius 2 is 2.14 bits per heavy atom. The number of hydrogen-bond acceptors (Lipinski definition) is 4. The fourth-order valence-corrected chi connectivity index (χ4v) is 2.71. The van der Waals surface area contributed by atoms with Crippen LogP contribution in [0, 0.1) is 0 Å². The Labute approximate surface area is 136 Å². The molecule has 1 heterocycles. The van der Waals surface area contributed by atoms with Gasteiger partial charge in [0.1, 0.15) is 11.4 Å². The summed E-state index contributed by atoms with van der Waals surface area (Å²) in [6.45, 7) is 0.991. The van der Waals surface area contributed by atoms with Crippen molar-refractivity contribution < 1.29 is 14.3 Å². The molecule has 22 heavy (non-hydrogen) atoms. The van der Waals surface area contributed by atoms with Crippen LogP contribution in [-0.4, -0.2) is 37.5 Å². The van der Waals surface area contributed by atoms with E-state index >= 15 is 0 Å². The van der Waals surface area contributed by atoms with Crippen molar-refractivity contribution in [1.29, 1.82) is 0 Å². The highest BCUT2D eigenvalue weighted by Gasteiger charge is 2.14. The van der Waals surface area contributed by atoms with Crippen molar-refractivity contribution in [2.75, 3.05) is 20.2 Å². The minimum Gasteiger partial charge on any atom is -0.496 e. The van der Waals surface area contributed by atoms with E-state index in [4.69, 9.17) is 4.74 Å². The maximum absolute atomic E-state index is 12.2. The van der Waals surface area contributed by atoms with Gasteiger partial charge in [-0.1, -0.05) is 0 Å². The van der Waals surface area contributed by atoms with E-state index in [-0.39, 0.29) is 5.91 Å². The lowest BCUT2D eigenvalue weighted by atomic mass is 10.1. The number of rotatable bonds is 7. The SMILES string of the molecule is COc1ccc2c(C(=O)NCCCNC=O)nccc2c1Br. The number of nitrogens with zero attached hydrogens (tertiary/aromatic N) is 1. The normalized spacial score (nSPS) is 10.3. The molecule has 1 aromatic heterocycles. The van der Waals surface area contributed by atoms with Crippen molar-refractivity contribution in [3.63, 3.8) is 0 Å². The fraction of sp³-hybridized carbons (Fsp3) is 0.267. The third-order valence-electron chi connectivity index (χ3n) is 3.15. The second-order valence-corrected chi connectivity index (χ2v) is 5.31. The summed E-state index contributed by atoms with van der Waals surface area (Å²) in [5, 5.41) is 6.95. The second kappa shape index (κ2) is 7.74. The summed E-state index contributed by atoms with van der Waals surface area (Å²) in [5.41, 5.74) is 0.365. The maximum atomic E-state index is 12.2. The molecule has 0 spiro atoms. The summed E-state index contributed by atoms with van der Waals surface area (Å²) >= 11 is 3.48. The number of amides is 2. The Bertz CT molecular complexity index is 691. The van der Waals surface area contributed by atoms with E-state index < -0.39 is 0 Å². The molecule has 1 aromatic carbocycles. The van der Waals surface area contributed by atoms with Crippen molar-refractivity contribution in [2.24, 2.45) is 0 Å². The highest BCUT2D eigenvalue weighted by Crippen LogP contribution is 2.33. The predicted molar refractivity (Wildman–Crippen MR) is 87.0 cm³/mol. The minimum atomic E-state index is -0.242. The van der Waals surface area contributed by atoms with Crippen LogP contribution in [0.5, 0.6) is 5.75 Å². The molecule has 0 unspecified atom stereocenters. The molecule has 0 saturated carbocycles. The van der Waals surface area contributed by atoms with E-state index in [0.717, 1.165) is 15.2 Å². The molecular weight excluding hydrogens is 350 g/mol. The highest BCUT2D eigenvalue weighted by molar-refractivity contribution is 9.10. The first-order chi connectivity index (χ1) is 10.7. The van der Waals surface area contributed by atoms with E-state index in [1.807, 2.05) is 12.1 Å². The van der Waals surface area contributed by atoms with Crippen LogP contribution >= 0.6 is 15.9 Å². The zero-order valence-corrected chi connectivity index (χ0v) is 13.6. The molecule has 0 bridgehead atoms. The van der Waals surface area contributed by atoms with Gasteiger partial charge in [-0.3, -0.25) is 14.6 Å². The van der Waals surface area contributed by atoms with E-state index in [2.05, 4.69) is 31.5 Å². The van der Waals surface area contributed by atoms with E-state index in [0.29, 0.717) is 37.4 Å². The number of carbonyl (C=O) groups is 2. The van der Waals surface area contributed by atoms with Gasteiger partial charge in [0.25, 0.3) is 5.91 Å². The van der Waals surface area contributed by atoms with E-state index in [9.17, 15) is 9.59 Å². The number of ether oxygens (including phenoxy) is 1. The summed E-state index contributed by atoms with van der Waals surface area (Å²) in [4.78, 5) is 26.6. The van der Waals surface area contributed by atoms with Gasteiger partial charge in [-0.05, 0) is 40.5 Å². The third kappa shape index (κ3) is 3.54. The van der Waals surface area contributed by atoms with Crippen molar-refractivity contribution in [3.05, 3.63) is 34.6 Å². The zero-order valence-electron chi connectivity index (χ0n) is 12.1. The monoisotopic (exact) mass is 365 g/mol. The van der Waals surface area contributed by atoms with Gasteiger partial charge in [-0.25, -0.2) is 0 Å². The molecule has 6 nitrogen and oxygen atoms in total. The molecule has 7 heteroatoms. The number of nitrogens with one attached hydrogen (secondary N) is 2. The molecule has 2 N–H and O–H groups in total. The Morgan fingerprint density at radius 3 is 2.86 bits per heavy atom. The van der Waals surface area contributed by atoms with Gasteiger partial charge < -0.3 is 15.4 Å². The fourth-order valence-electron chi connectivity index (χ4n) is 2.07. The molecule has 116 valence electrons. The van der Waals surface area contributed by atoms with Crippen LogP contribution in [0.4, 0.5) is 0 Å². The first-order valence-corrected chi connectivity index (χ1v) is 7.54. The Balaban J connectivity index is 2.19. The molecule has 0 fully saturated rings. The van der Waals surface area contributed by atoms with Crippen molar-refractivity contribution in [3.8, 4) is 5.75 Å². The van der Waals surface area contributed by atoms with Crippen molar-refractivity contribution in [2.45, 2.75) is 6.42 Å². The lowest BCUT2D eigenvalue weighted by Gasteiger charge is -2.10. The molecular formula is C15H16BrN3O3. The highest BCUT2D eigenvalue weighted by atomic mass is 79.9. The molecule has 0 radical (unpaired) electrons. The number of halogens is 1. The van der Waals surface area contributed by atoms with Crippen LogP contribution in [0.25, 0.3) is 10.8 Å². The summed E-state index contributed by atoms with van der Waals surface area (Å²) in [6.07, 6.45) is 2.89. The van der Waals surface area contributed by atoms with Gasteiger partial charge in [0.05, 0.1) is 11.6 Å². The topological polar surface area (TPSA) is 80.3 Å². The first-order valence-electron chi connectivity index (χ1n) is 6.75. The van der Waals surface area contributed by atoms with Gasteiger partial charge in [0.2, 0.25) is 6.41 Å². The Kier molecular flexibility index (Phi) is 5.71. The zero-order chi connectivity index (χ0) is 15.9. The van der Waals surface area contributed by atoms with Crippen LogP contribution in [0.2, 0.25) is 0 Å². The lowest BCUT2D eigenvalue weighted by Crippen LogP contribution is -2.27. The third-order valence-corrected chi connectivity index (χ3v) is 3.96. The number of aromatic nitrogens is 1. The van der Waals surface area contributed by atoms with Crippen LogP contribution in [0.1, 0.15) is 16.9 Å². The van der Waals surface area contributed by atoms with Gasteiger partial charge >= 0.3 is 0 Å². The molecule has 2 rings (SSSR count). The van der Waals surface area contributed by atoms with Crippen LogP contribution in [0.3, 0.4) is 0 Å². The average molecular weight is 366 g/mol. The molecule has 0 aliphatic rings. The number of benzene rings is 1. The molecule has 0 aliphatic heterocycles. The number of fused-ring (bicyclic) bond motifs is 1. The number of hydrogen-bond donors (Lipinski definition) is 2. The number of pyridine rings is 1. The van der Waals surface area contributed by atoms with Gasteiger partial charge in [-0.2, -0.15) is 0 Å². The van der Waals surface area contributed by atoms with Gasteiger partial charge in [0.15, 0.2) is 0 Å². The summed E-state index contributed by atoms with van der Waals surface area (Å²) in [5.74, 6) is 0.457. The number of methoxy groups -OCH3 is 1. The van der Waals surface area contributed by atoms with E-state index in [1.54, 1.807) is 19.4 Å². The summed E-state index contributed by atoms with van der Waals surface area (Å²) in [6, 6.07) is 5.43. The molecule has 2 amide bonds. The second-order valence-electron chi connectivity index (χ2n) is 4.52. The first kappa shape index (κ1) is 16.2.